The number of aromatic nitrogens is 2. The Kier molecular flexibility index (Phi) is 7.00. The third kappa shape index (κ3) is 5.82. The number of rotatable bonds is 5. The molecule has 1 amide bonds. The number of nitrogens with one attached hydrogen (secondary N) is 2. The molecule has 0 radical (unpaired) electrons. The molecule has 1 saturated carbocycles. The lowest BCUT2D eigenvalue weighted by molar-refractivity contribution is -0.141. The van der Waals surface area contributed by atoms with Crippen molar-refractivity contribution in [1.29, 1.82) is 0 Å². The second-order valence-corrected chi connectivity index (χ2v) is 8.21. The van der Waals surface area contributed by atoms with E-state index in [2.05, 4.69) is 36.5 Å². The van der Waals surface area contributed by atoms with Gasteiger partial charge in [0.1, 0.15) is 0 Å². The van der Waals surface area contributed by atoms with E-state index in [9.17, 15) is 18.0 Å². The number of carbonyl (C=O) groups is 1. The highest BCUT2D eigenvalue weighted by Gasteiger charge is 2.38. The first-order chi connectivity index (χ1) is 13.7. The van der Waals surface area contributed by atoms with E-state index in [0.29, 0.717) is 27.6 Å². The number of nitrogens with zero attached hydrogens (tertiary/aromatic N) is 2. The number of halogens is 5. The van der Waals surface area contributed by atoms with Crippen molar-refractivity contribution in [2.24, 2.45) is 5.92 Å². The van der Waals surface area contributed by atoms with E-state index < -0.39 is 23.3 Å². The summed E-state index contributed by atoms with van der Waals surface area (Å²) in [5.41, 5.74) is -1.42. The molecular weight excluding hydrogens is 473 g/mol. The summed E-state index contributed by atoms with van der Waals surface area (Å²) in [6, 6.07) is 4.74. The highest BCUT2D eigenvalue weighted by atomic mass is 79.9. The standard InChI is InChI=1S/C19H19BrClF3N4O/c20-14-8-12(21)6-7-15(14)27-18-26-10-13(16(28-18)19(22,23)24)17(29)25-9-11-4-2-1-3-5-11/h6-8,10-11H,1-5,9H2,(H,25,29)(H,26,27,28). The van der Waals surface area contributed by atoms with Gasteiger partial charge < -0.3 is 10.6 Å². The molecule has 0 bridgehead atoms. The Balaban J connectivity index is 1.79. The first-order valence-electron chi connectivity index (χ1n) is 9.18. The lowest BCUT2D eigenvalue weighted by Crippen LogP contribution is -2.32. The van der Waals surface area contributed by atoms with Crippen LogP contribution >= 0.6 is 27.5 Å². The quantitative estimate of drug-likeness (QED) is 0.541. The van der Waals surface area contributed by atoms with Gasteiger partial charge >= 0.3 is 6.18 Å². The monoisotopic (exact) mass is 490 g/mol. The molecule has 1 fully saturated rings. The van der Waals surface area contributed by atoms with Crippen molar-refractivity contribution in [2.45, 2.75) is 38.3 Å². The predicted octanol–water partition coefficient (Wildman–Crippen LogP) is 5.97. The topological polar surface area (TPSA) is 66.9 Å². The Bertz CT molecular complexity index is 888. The number of anilines is 2. The summed E-state index contributed by atoms with van der Waals surface area (Å²) >= 11 is 9.13. The van der Waals surface area contributed by atoms with Crippen LogP contribution in [0.2, 0.25) is 5.02 Å². The maximum atomic E-state index is 13.5. The number of carbonyl (C=O) groups excluding carboxylic acids is 1. The zero-order valence-corrected chi connectivity index (χ0v) is 17.7. The summed E-state index contributed by atoms with van der Waals surface area (Å²) in [7, 11) is 0. The minimum atomic E-state index is -4.80. The molecule has 1 aliphatic carbocycles. The highest BCUT2D eigenvalue weighted by Crippen LogP contribution is 2.33. The number of amides is 1. The molecule has 1 aromatic carbocycles. The Hall–Kier alpha value is -1.87. The van der Waals surface area contributed by atoms with E-state index in [1.165, 1.54) is 0 Å². The van der Waals surface area contributed by atoms with Gasteiger partial charge in [-0.1, -0.05) is 30.9 Å². The van der Waals surface area contributed by atoms with Gasteiger partial charge in [-0.05, 0) is 52.9 Å². The molecule has 3 rings (SSSR count). The summed E-state index contributed by atoms with van der Waals surface area (Å²) < 4.78 is 41.1. The van der Waals surface area contributed by atoms with E-state index in [-0.39, 0.29) is 5.95 Å². The third-order valence-electron chi connectivity index (χ3n) is 4.76. The van der Waals surface area contributed by atoms with E-state index in [1.54, 1.807) is 18.2 Å². The van der Waals surface area contributed by atoms with Crippen LogP contribution in [0.4, 0.5) is 24.8 Å². The van der Waals surface area contributed by atoms with Gasteiger partial charge in [0.25, 0.3) is 5.91 Å². The van der Waals surface area contributed by atoms with Gasteiger partial charge in [0, 0.05) is 22.2 Å². The fraction of sp³-hybridized carbons (Fsp3) is 0.421. The van der Waals surface area contributed by atoms with Crippen molar-refractivity contribution in [1.82, 2.24) is 15.3 Å². The Morgan fingerprint density at radius 3 is 2.62 bits per heavy atom. The molecule has 2 aromatic rings. The highest BCUT2D eigenvalue weighted by molar-refractivity contribution is 9.10. The summed E-state index contributed by atoms with van der Waals surface area (Å²) in [6.07, 6.45) is 1.38. The minimum Gasteiger partial charge on any atom is -0.352 e. The van der Waals surface area contributed by atoms with Crippen LogP contribution in [0.1, 0.15) is 48.2 Å². The van der Waals surface area contributed by atoms with Crippen molar-refractivity contribution >= 4 is 45.1 Å². The summed E-state index contributed by atoms with van der Waals surface area (Å²) in [6.45, 7) is 0.355. The summed E-state index contributed by atoms with van der Waals surface area (Å²) in [5, 5.41) is 5.77. The average Bonchev–Trinajstić information content (AvgIpc) is 2.68. The van der Waals surface area contributed by atoms with Crippen LogP contribution in [0.3, 0.4) is 0 Å². The minimum absolute atomic E-state index is 0.274. The van der Waals surface area contributed by atoms with E-state index >= 15 is 0 Å². The zero-order chi connectivity index (χ0) is 21.0. The smallest absolute Gasteiger partial charge is 0.352 e. The number of hydrogen-bond acceptors (Lipinski definition) is 4. The average molecular weight is 492 g/mol. The number of alkyl halides is 3. The van der Waals surface area contributed by atoms with Crippen LogP contribution in [0.25, 0.3) is 0 Å². The van der Waals surface area contributed by atoms with Gasteiger partial charge in [-0.2, -0.15) is 13.2 Å². The van der Waals surface area contributed by atoms with Gasteiger partial charge in [-0.15, -0.1) is 0 Å². The van der Waals surface area contributed by atoms with Gasteiger partial charge in [0.15, 0.2) is 5.69 Å². The molecule has 0 spiro atoms. The van der Waals surface area contributed by atoms with Crippen LogP contribution < -0.4 is 10.6 Å². The van der Waals surface area contributed by atoms with Crippen molar-refractivity contribution in [2.75, 3.05) is 11.9 Å². The number of benzene rings is 1. The van der Waals surface area contributed by atoms with Crippen LogP contribution in [-0.4, -0.2) is 22.4 Å². The van der Waals surface area contributed by atoms with Crippen molar-refractivity contribution in [3.63, 3.8) is 0 Å². The second kappa shape index (κ2) is 9.30. The molecule has 156 valence electrons. The van der Waals surface area contributed by atoms with Gasteiger partial charge in [0.2, 0.25) is 5.95 Å². The van der Waals surface area contributed by atoms with Crippen molar-refractivity contribution < 1.29 is 18.0 Å². The Labute approximate surface area is 179 Å². The van der Waals surface area contributed by atoms with Gasteiger partial charge in [-0.25, -0.2) is 9.97 Å². The zero-order valence-electron chi connectivity index (χ0n) is 15.3. The van der Waals surface area contributed by atoms with Gasteiger partial charge in [-0.3, -0.25) is 4.79 Å². The molecule has 0 aliphatic heterocycles. The predicted molar refractivity (Wildman–Crippen MR) is 108 cm³/mol. The molecule has 1 aliphatic rings. The molecular formula is C19H19BrClF3N4O. The van der Waals surface area contributed by atoms with Crippen molar-refractivity contribution in [3.05, 3.63) is 45.1 Å². The molecule has 10 heteroatoms. The Morgan fingerprint density at radius 1 is 1.24 bits per heavy atom. The Morgan fingerprint density at radius 2 is 1.97 bits per heavy atom. The van der Waals surface area contributed by atoms with Crippen LogP contribution in [0, 0.1) is 5.92 Å². The fourth-order valence-electron chi connectivity index (χ4n) is 3.26. The fourth-order valence-corrected chi connectivity index (χ4v) is 4.04. The lowest BCUT2D eigenvalue weighted by atomic mass is 9.89. The molecule has 0 saturated heterocycles. The first kappa shape index (κ1) is 21.8. The largest absolute Gasteiger partial charge is 0.434 e. The van der Waals surface area contributed by atoms with Gasteiger partial charge in [0.05, 0.1) is 11.3 Å². The molecule has 5 nitrogen and oxygen atoms in total. The third-order valence-corrected chi connectivity index (χ3v) is 5.65. The summed E-state index contributed by atoms with van der Waals surface area (Å²) in [4.78, 5) is 19.8. The normalized spacial score (nSPS) is 15.2. The molecule has 0 unspecified atom stereocenters. The van der Waals surface area contributed by atoms with Crippen LogP contribution in [0.5, 0.6) is 0 Å². The molecule has 2 N–H and O–H groups in total. The molecule has 1 heterocycles. The van der Waals surface area contributed by atoms with E-state index in [4.69, 9.17) is 11.6 Å². The molecule has 1 aromatic heterocycles. The maximum absolute atomic E-state index is 13.5. The number of hydrogen-bond donors (Lipinski definition) is 2. The van der Waals surface area contributed by atoms with Crippen molar-refractivity contribution in [3.8, 4) is 0 Å². The molecule has 0 atom stereocenters. The SMILES string of the molecule is O=C(NCC1CCCCC1)c1cnc(Nc2ccc(Cl)cc2Br)nc1C(F)(F)F. The van der Waals surface area contributed by atoms with Crippen LogP contribution in [-0.2, 0) is 6.18 Å². The summed E-state index contributed by atoms with van der Waals surface area (Å²) in [5.74, 6) is -0.794. The maximum Gasteiger partial charge on any atom is 0.434 e. The van der Waals surface area contributed by atoms with E-state index in [1.807, 2.05) is 0 Å². The molecule has 29 heavy (non-hydrogen) atoms. The first-order valence-corrected chi connectivity index (χ1v) is 10.4. The second-order valence-electron chi connectivity index (χ2n) is 6.92. The lowest BCUT2D eigenvalue weighted by Gasteiger charge is -2.22. The van der Waals surface area contributed by atoms with Crippen LogP contribution in [0.15, 0.2) is 28.9 Å². The van der Waals surface area contributed by atoms with E-state index in [0.717, 1.165) is 38.3 Å².